The molecule has 148 valence electrons. The zero-order chi connectivity index (χ0) is 20.3. The molecule has 1 heterocycles. The summed E-state index contributed by atoms with van der Waals surface area (Å²) in [6, 6.07) is 19.7. The molecule has 2 amide bonds. The molecule has 0 aliphatic carbocycles. The van der Waals surface area contributed by atoms with Gasteiger partial charge >= 0.3 is 0 Å². The third kappa shape index (κ3) is 3.69. The highest BCUT2D eigenvalue weighted by Crippen LogP contribution is 2.41. The normalized spacial score (nSPS) is 19.4. The summed E-state index contributed by atoms with van der Waals surface area (Å²) in [5.41, 5.74) is 2.55. The Morgan fingerprint density at radius 3 is 2.07 bits per heavy atom. The molecule has 2 atom stereocenters. The van der Waals surface area contributed by atoms with Gasteiger partial charge in [0.25, 0.3) is 11.8 Å². The summed E-state index contributed by atoms with van der Waals surface area (Å²) in [5, 5.41) is 0. The van der Waals surface area contributed by atoms with Gasteiger partial charge in [-0.05, 0) is 42.8 Å². The molecule has 0 saturated carbocycles. The molecule has 0 aromatic heterocycles. The van der Waals surface area contributed by atoms with Gasteiger partial charge in [-0.2, -0.15) is 0 Å². The van der Waals surface area contributed by atoms with Crippen molar-refractivity contribution in [2.24, 2.45) is 0 Å². The first kappa shape index (κ1) is 20.5. The Balaban J connectivity index is 1.93. The summed E-state index contributed by atoms with van der Waals surface area (Å²) >= 11 is 0. The van der Waals surface area contributed by atoms with Gasteiger partial charge in [-0.25, -0.2) is 0 Å². The van der Waals surface area contributed by atoms with Crippen molar-refractivity contribution in [3.8, 4) is 0 Å². The number of β-lactam (4-membered cyclic amide) rings is 1. The van der Waals surface area contributed by atoms with E-state index in [1.165, 1.54) is 4.90 Å². The average molecular weight is 396 g/mol. The van der Waals surface area contributed by atoms with E-state index in [-0.39, 0.29) is 17.9 Å². The van der Waals surface area contributed by atoms with Gasteiger partial charge in [0, 0.05) is 5.56 Å². The lowest BCUT2D eigenvalue weighted by atomic mass is 9.90. The molecule has 0 radical (unpaired) electrons. The van der Waals surface area contributed by atoms with E-state index in [2.05, 4.69) is 20.8 Å². The molecule has 5 heteroatoms. The van der Waals surface area contributed by atoms with Crippen LogP contribution in [0, 0.1) is 6.92 Å². The van der Waals surface area contributed by atoms with E-state index in [0.29, 0.717) is 5.56 Å². The molecular weight excluding hydrogens is 366 g/mol. The minimum atomic E-state index is -1.98. The molecule has 4 nitrogen and oxygen atoms in total. The molecule has 28 heavy (non-hydrogen) atoms. The maximum Gasteiger partial charge on any atom is 0.261 e. The first-order valence-corrected chi connectivity index (χ1v) is 12.7. The van der Waals surface area contributed by atoms with E-state index in [4.69, 9.17) is 4.43 Å². The summed E-state index contributed by atoms with van der Waals surface area (Å²) in [4.78, 5) is 27.5. The summed E-state index contributed by atoms with van der Waals surface area (Å²) in [6.07, 6.45) is -0.566. The van der Waals surface area contributed by atoms with E-state index in [1.54, 1.807) is 12.1 Å². The van der Waals surface area contributed by atoms with Crippen LogP contribution in [0.15, 0.2) is 54.6 Å². The number of likely N-dealkylation sites (tertiary alicyclic amines) is 1. The number of aryl methyl sites for hydroxylation is 1. The molecule has 2 aromatic rings. The zero-order valence-electron chi connectivity index (χ0n) is 17.1. The highest BCUT2D eigenvalue weighted by molar-refractivity contribution is 6.73. The van der Waals surface area contributed by atoms with Gasteiger partial charge in [-0.1, -0.05) is 68.8 Å². The van der Waals surface area contributed by atoms with Crippen LogP contribution < -0.4 is 0 Å². The van der Waals surface area contributed by atoms with Crippen LogP contribution in [0.4, 0.5) is 0 Å². The molecule has 1 saturated heterocycles. The van der Waals surface area contributed by atoms with Crippen LogP contribution >= 0.6 is 0 Å². The van der Waals surface area contributed by atoms with Crippen molar-refractivity contribution in [1.82, 2.24) is 4.90 Å². The number of imide groups is 1. The standard InChI is InChI=1S/C23H29NO3Si/c1-5-28(6-2,7-3)27-21-20(18-11-9-8-10-12-18)24(23(21)26)22(25)19-15-13-17(4)14-16-19/h8-16,20-21H,5-7H2,1-4H3/t20-,21+/m1/s1. The number of rotatable bonds is 7. The number of nitrogens with zero attached hydrogens (tertiary/aromatic N) is 1. The lowest BCUT2D eigenvalue weighted by molar-refractivity contribution is -0.158. The number of hydrogen-bond acceptors (Lipinski definition) is 3. The van der Waals surface area contributed by atoms with Crippen LogP contribution in [-0.4, -0.2) is 31.1 Å². The van der Waals surface area contributed by atoms with Gasteiger partial charge < -0.3 is 4.43 Å². The minimum absolute atomic E-state index is 0.216. The number of benzene rings is 2. The number of hydrogen-bond donors (Lipinski definition) is 0. The van der Waals surface area contributed by atoms with Gasteiger partial charge in [0.15, 0.2) is 14.4 Å². The SMILES string of the molecule is CC[Si](CC)(CC)O[C@@H]1C(=O)N(C(=O)c2ccc(C)cc2)[C@@H]1c1ccccc1. The molecule has 0 spiro atoms. The molecule has 3 rings (SSSR count). The number of carbonyl (C=O) groups excluding carboxylic acids is 2. The fourth-order valence-corrected chi connectivity index (χ4v) is 6.65. The van der Waals surface area contributed by atoms with E-state index in [0.717, 1.165) is 29.3 Å². The maximum absolute atomic E-state index is 13.1. The Hall–Kier alpha value is -2.24. The van der Waals surface area contributed by atoms with Crippen LogP contribution in [0.25, 0.3) is 0 Å². The van der Waals surface area contributed by atoms with Gasteiger partial charge in [0.1, 0.15) is 0 Å². The smallest absolute Gasteiger partial charge is 0.261 e. The second kappa shape index (κ2) is 8.41. The Morgan fingerprint density at radius 1 is 0.964 bits per heavy atom. The van der Waals surface area contributed by atoms with Crippen molar-refractivity contribution in [2.45, 2.75) is 58.0 Å². The second-order valence-corrected chi connectivity index (χ2v) is 12.2. The topological polar surface area (TPSA) is 46.6 Å². The van der Waals surface area contributed by atoms with Gasteiger partial charge in [-0.15, -0.1) is 0 Å². The van der Waals surface area contributed by atoms with Crippen LogP contribution in [0.1, 0.15) is 48.3 Å². The van der Waals surface area contributed by atoms with Crippen LogP contribution in [0.3, 0.4) is 0 Å². The molecular formula is C23H29NO3Si. The van der Waals surface area contributed by atoms with Crippen molar-refractivity contribution in [2.75, 3.05) is 0 Å². The van der Waals surface area contributed by atoms with Crippen molar-refractivity contribution < 1.29 is 14.0 Å². The fourth-order valence-electron chi connectivity index (χ4n) is 3.88. The predicted molar refractivity (Wildman–Crippen MR) is 114 cm³/mol. The predicted octanol–water partition coefficient (Wildman–Crippen LogP) is 5.11. The van der Waals surface area contributed by atoms with Gasteiger partial charge in [0.05, 0.1) is 6.04 Å². The fraction of sp³-hybridized carbons (Fsp3) is 0.391. The van der Waals surface area contributed by atoms with Crippen LogP contribution in [0.2, 0.25) is 18.1 Å². The molecule has 0 bridgehead atoms. The Bertz CT molecular complexity index is 822. The first-order chi connectivity index (χ1) is 13.5. The third-order valence-electron chi connectivity index (χ3n) is 6.01. The number of carbonyl (C=O) groups is 2. The van der Waals surface area contributed by atoms with Crippen molar-refractivity contribution >= 4 is 20.1 Å². The van der Waals surface area contributed by atoms with Crippen molar-refractivity contribution in [3.63, 3.8) is 0 Å². The van der Waals surface area contributed by atoms with Crippen LogP contribution in [-0.2, 0) is 9.22 Å². The van der Waals surface area contributed by atoms with E-state index in [9.17, 15) is 9.59 Å². The minimum Gasteiger partial charge on any atom is -0.403 e. The summed E-state index contributed by atoms with van der Waals surface area (Å²) in [5.74, 6) is -0.470. The summed E-state index contributed by atoms with van der Waals surface area (Å²) in [7, 11) is -1.98. The quantitative estimate of drug-likeness (QED) is 0.372. The largest absolute Gasteiger partial charge is 0.403 e. The Morgan fingerprint density at radius 2 is 1.54 bits per heavy atom. The lowest BCUT2D eigenvalue weighted by Crippen LogP contribution is -2.64. The second-order valence-electron chi connectivity index (χ2n) is 7.52. The zero-order valence-corrected chi connectivity index (χ0v) is 18.1. The summed E-state index contributed by atoms with van der Waals surface area (Å²) in [6.45, 7) is 8.42. The van der Waals surface area contributed by atoms with E-state index >= 15 is 0 Å². The lowest BCUT2D eigenvalue weighted by Gasteiger charge is -2.48. The number of amides is 2. The highest BCUT2D eigenvalue weighted by atomic mass is 28.4. The Kier molecular flexibility index (Phi) is 6.16. The maximum atomic E-state index is 13.1. The molecule has 1 aliphatic rings. The van der Waals surface area contributed by atoms with E-state index in [1.807, 2.05) is 49.4 Å². The monoisotopic (exact) mass is 395 g/mol. The van der Waals surface area contributed by atoms with Crippen LogP contribution in [0.5, 0.6) is 0 Å². The average Bonchev–Trinajstić information content (AvgIpc) is 2.74. The van der Waals surface area contributed by atoms with Crippen molar-refractivity contribution in [1.29, 1.82) is 0 Å². The molecule has 2 aromatic carbocycles. The van der Waals surface area contributed by atoms with E-state index < -0.39 is 14.4 Å². The first-order valence-electron chi connectivity index (χ1n) is 10.1. The molecule has 1 aliphatic heterocycles. The highest BCUT2D eigenvalue weighted by Gasteiger charge is 2.54. The Labute approximate surface area is 168 Å². The van der Waals surface area contributed by atoms with Crippen molar-refractivity contribution in [3.05, 3.63) is 71.3 Å². The molecule has 0 N–H and O–H groups in total. The van der Waals surface area contributed by atoms with Gasteiger partial charge in [-0.3, -0.25) is 14.5 Å². The molecule has 0 unspecified atom stereocenters. The van der Waals surface area contributed by atoms with Gasteiger partial charge in [0.2, 0.25) is 0 Å². The third-order valence-corrected chi connectivity index (χ3v) is 10.6. The molecule has 1 fully saturated rings. The summed E-state index contributed by atoms with van der Waals surface area (Å²) < 4.78 is 6.53.